The minimum atomic E-state index is -0.302. The third-order valence-corrected chi connectivity index (χ3v) is 7.22. The number of rotatable bonds is 0. The number of hydrogen-bond acceptors (Lipinski definition) is 3. The molecule has 2 bridgehead atoms. The molecule has 0 aromatic rings. The van der Waals surface area contributed by atoms with Gasteiger partial charge in [0.05, 0.1) is 11.8 Å². The molecule has 0 spiro atoms. The summed E-state index contributed by atoms with van der Waals surface area (Å²) in [5.74, 6) is -0.470. The van der Waals surface area contributed by atoms with Crippen molar-refractivity contribution in [2.45, 2.75) is 22.5 Å². The van der Waals surface area contributed by atoms with Gasteiger partial charge in [0.25, 0.3) is 0 Å². The van der Waals surface area contributed by atoms with Crippen LogP contribution >= 0.6 is 31.9 Å². The van der Waals surface area contributed by atoms with E-state index in [1.165, 1.54) is 0 Å². The van der Waals surface area contributed by atoms with Gasteiger partial charge >= 0.3 is 11.9 Å². The van der Waals surface area contributed by atoms with Gasteiger partial charge in [0.15, 0.2) is 0 Å². The standard InChI is InChI=1S/C10H10Br2O3/c11-7-3-1-2-4(8(7)12)6-5(3)9(13)15-10(6)14/h3-8H,1-2H2/t3-,4-,5-,6-,7-,8+/m1/s1. The van der Waals surface area contributed by atoms with Crippen molar-refractivity contribution >= 4 is 43.8 Å². The first-order valence-electron chi connectivity index (χ1n) is 5.15. The highest BCUT2D eigenvalue weighted by Crippen LogP contribution is 2.56. The van der Waals surface area contributed by atoms with Crippen LogP contribution in [0.4, 0.5) is 0 Å². The van der Waals surface area contributed by atoms with Crippen LogP contribution in [0.1, 0.15) is 12.8 Å². The van der Waals surface area contributed by atoms with E-state index in [-0.39, 0.29) is 45.3 Å². The smallest absolute Gasteiger partial charge is 0.317 e. The van der Waals surface area contributed by atoms with Crippen LogP contribution in [0.15, 0.2) is 0 Å². The number of carbonyl (C=O) groups excluding carboxylic acids is 2. The zero-order valence-electron chi connectivity index (χ0n) is 7.86. The summed E-state index contributed by atoms with van der Waals surface area (Å²) >= 11 is 7.26. The molecular formula is C10H10Br2O3. The summed E-state index contributed by atoms with van der Waals surface area (Å²) in [6, 6.07) is 0. The second-order valence-electron chi connectivity index (χ2n) is 4.59. The molecule has 3 saturated carbocycles. The maximum atomic E-state index is 11.6. The number of fused-ring (bicyclic) bond motifs is 2. The highest BCUT2D eigenvalue weighted by Gasteiger charge is 2.62. The lowest BCUT2D eigenvalue weighted by atomic mass is 9.59. The number of halogens is 2. The normalized spacial score (nSPS) is 52.9. The Morgan fingerprint density at radius 1 is 0.933 bits per heavy atom. The van der Waals surface area contributed by atoms with Gasteiger partial charge in [-0.15, -0.1) is 0 Å². The first kappa shape index (κ1) is 10.3. The van der Waals surface area contributed by atoms with Gasteiger partial charge in [-0.3, -0.25) is 9.59 Å². The second kappa shape index (κ2) is 3.29. The summed E-state index contributed by atoms with van der Waals surface area (Å²) < 4.78 is 4.77. The van der Waals surface area contributed by atoms with Crippen molar-refractivity contribution in [3.05, 3.63) is 0 Å². The molecule has 0 radical (unpaired) electrons. The molecule has 6 atom stereocenters. The molecule has 0 aromatic carbocycles. The Kier molecular flexibility index (Phi) is 2.26. The number of alkyl halides is 2. The quantitative estimate of drug-likeness (QED) is 0.385. The van der Waals surface area contributed by atoms with Gasteiger partial charge in [-0.25, -0.2) is 0 Å². The molecule has 3 aliphatic carbocycles. The summed E-state index contributed by atoms with van der Waals surface area (Å²) in [7, 11) is 0. The van der Waals surface area contributed by atoms with Crippen molar-refractivity contribution in [2.24, 2.45) is 23.7 Å². The number of carbonyl (C=O) groups is 2. The minimum absolute atomic E-state index is 0.186. The average Bonchev–Trinajstić information content (AvgIpc) is 2.51. The predicted molar refractivity (Wildman–Crippen MR) is 59.7 cm³/mol. The lowest BCUT2D eigenvalue weighted by Gasteiger charge is -2.48. The maximum absolute atomic E-state index is 11.6. The Hall–Kier alpha value is 0.1000. The predicted octanol–water partition coefficient (Wildman–Crippen LogP) is 1.87. The van der Waals surface area contributed by atoms with E-state index in [0.717, 1.165) is 12.8 Å². The average molecular weight is 338 g/mol. The van der Waals surface area contributed by atoms with Gasteiger partial charge in [-0.05, 0) is 24.7 Å². The number of ether oxygens (including phenoxy) is 1. The molecule has 4 fully saturated rings. The first-order valence-corrected chi connectivity index (χ1v) is 6.98. The van der Waals surface area contributed by atoms with E-state index in [2.05, 4.69) is 31.9 Å². The van der Waals surface area contributed by atoms with Crippen LogP contribution in [0.3, 0.4) is 0 Å². The fourth-order valence-corrected chi connectivity index (χ4v) is 5.31. The molecular weight excluding hydrogens is 328 g/mol. The Morgan fingerprint density at radius 2 is 1.33 bits per heavy atom. The van der Waals surface area contributed by atoms with Gasteiger partial charge in [0, 0.05) is 9.65 Å². The van der Waals surface area contributed by atoms with E-state index in [9.17, 15) is 9.59 Å². The molecule has 0 unspecified atom stereocenters. The van der Waals surface area contributed by atoms with Crippen molar-refractivity contribution in [1.29, 1.82) is 0 Å². The molecule has 1 aliphatic heterocycles. The van der Waals surface area contributed by atoms with E-state index < -0.39 is 0 Å². The fraction of sp³-hybridized carbons (Fsp3) is 0.800. The van der Waals surface area contributed by atoms with Crippen LogP contribution in [-0.2, 0) is 14.3 Å². The molecule has 0 N–H and O–H groups in total. The van der Waals surface area contributed by atoms with Crippen molar-refractivity contribution in [2.75, 3.05) is 0 Å². The molecule has 82 valence electrons. The van der Waals surface area contributed by atoms with Gasteiger partial charge in [-0.1, -0.05) is 31.9 Å². The van der Waals surface area contributed by atoms with Crippen LogP contribution in [0.25, 0.3) is 0 Å². The minimum Gasteiger partial charge on any atom is -0.393 e. The largest absolute Gasteiger partial charge is 0.393 e. The zero-order valence-corrected chi connectivity index (χ0v) is 11.0. The van der Waals surface area contributed by atoms with E-state index >= 15 is 0 Å². The highest BCUT2D eigenvalue weighted by molar-refractivity contribution is 9.12. The highest BCUT2D eigenvalue weighted by atomic mass is 79.9. The Labute approximate surface area is 104 Å². The monoisotopic (exact) mass is 336 g/mol. The summed E-state index contributed by atoms with van der Waals surface area (Å²) in [6.07, 6.45) is 2.04. The van der Waals surface area contributed by atoms with Crippen LogP contribution in [0.5, 0.6) is 0 Å². The van der Waals surface area contributed by atoms with E-state index in [0.29, 0.717) is 0 Å². The maximum Gasteiger partial charge on any atom is 0.317 e. The summed E-state index contributed by atoms with van der Waals surface area (Å²) in [4.78, 5) is 23.7. The molecule has 4 rings (SSSR count). The summed E-state index contributed by atoms with van der Waals surface area (Å²) in [6.45, 7) is 0. The Morgan fingerprint density at radius 3 is 1.73 bits per heavy atom. The zero-order chi connectivity index (χ0) is 10.7. The first-order chi connectivity index (χ1) is 7.11. The fourth-order valence-electron chi connectivity index (χ4n) is 3.34. The molecule has 0 amide bonds. The number of hydrogen-bond donors (Lipinski definition) is 0. The van der Waals surface area contributed by atoms with Gasteiger partial charge in [-0.2, -0.15) is 0 Å². The van der Waals surface area contributed by atoms with Crippen LogP contribution in [0.2, 0.25) is 0 Å². The van der Waals surface area contributed by atoms with E-state index in [4.69, 9.17) is 4.74 Å². The van der Waals surface area contributed by atoms with Crippen molar-refractivity contribution in [3.8, 4) is 0 Å². The Bertz CT molecular complexity index is 312. The SMILES string of the molecule is O=C1OC(=O)[C@@H]2[C@H]3CC[C@@H]([C@H](Br)[C@@H]3Br)[C@@H]12. The van der Waals surface area contributed by atoms with Crippen LogP contribution in [0, 0.1) is 23.7 Å². The van der Waals surface area contributed by atoms with Crippen molar-refractivity contribution in [3.63, 3.8) is 0 Å². The van der Waals surface area contributed by atoms with Crippen LogP contribution < -0.4 is 0 Å². The van der Waals surface area contributed by atoms with Crippen molar-refractivity contribution in [1.82, 2.24) is 0 Å². The second-order valence-corrected chi connectivity index (χ2v) is 6.70. The topological polar surface area (TPSA) is 43.4 Å². The molecule has 1 heterocycles. The van der Waals surface area contributed by atoms with Gasteiger partial charge < -0.3 is 4.74 Å². The molecule has 0 aromatic heterocycles. The van der Waals surface area contributed by atoms with Gasteiger partial charge in [0.1, 0.15) is 0 Å². The van der Waals surface area contributed by atoms with Gasteiger partial charge in [0.2, 0.25) is 0 Å². The molecule has 15 heavy (non-hydrogen) atoms. The third-order valence-electron chi connectivity index (χ3n) is 4.01. The molecule has 4 aliphatic rings. The summed E-state index contributed by atoms with van der Waals surface area (Å²) in [5, 5.41) is 0. The molecule has 3 nitrogen and oxygen atoms in total. The molecule has 1 saturated heterocycles. The Balaban J connectivity index is 2.03. The third kappa shape index (κ3) is 1.22. The van der Waals surface area contributed by atoms with Crippen LogP contribution in [-0.4, -0.2) is 21.6 Å². The number of cyclic esters (lactones) is 2. The molecule has 5 heteroatoms. The van der Waals surface area contributed by atoms with E-state index in [1.54, 1.807) is 0 Å². The lowest BCUT2D eigenvalue weighted by Crippen LogP contribution is -2.53. The van der Waals surface area contributed by atoms with Crippen molar-refractivity contribution < 1.29 is 14.3 Å². The summed E-state index contributed by atoms with van der Waals surface area (Å²) in [5.41, 5.74) is 0. The number of esters is 2. The van der Waals surface area contributed by atoms with E-state index in [1.807, 2.05) is 0 Å². The lowest BCUT2D eigenvalue weighted by molar-refractivity contribution is -0.154.